The summed E-state index contributed by atoms with van der Waals surface area (Å²) < 4.78 is 22.7. The monoisotopic (exact) mass is 1020 g/mol. The molecule has 0 saturated carbocycles. The van der Waals surface area contributed by atoms with E-state index >= 15 is 9.59 Å². The molecule has 2 heterocycles. The summed E-state index contributed by atoms with van der Waals surface area (Å²) in [7, 11) is 1.25. The van der Waals surface area contributed by atoms with Gasteiger partial charge in [-0.05, 0) is 68.5 Å². The first-order chi connectivity index (χ1) is 36.1. The highest BCUT2D eigenvalue weighted by atomic mass is 32.2. The zero-order valence-corrected chi connectivity index (χ0v) is 41.9. The maximum Gasteiger partial charge on any atom is 0.356 e. The molecule has 0 bridgehead atoms. The third kappa shape index (κ3) is 10.00. The van der Waals surface area contributed by atoms with Crippen LogP contribution >= 0.6 is 18.6 Å². The van der Waals surface area contributed by atoms with E-state index in [1.807, 2.05) is 182 Å². The predicted octanol–water partition coefficient (Wildman–Crippen LogP) is 10.4. The van der Waals surface area contributed by atoms with Crippen LogP contribution in [-0.2, 0) is 44.7 Å². The number of amides is 1. The minimum Gasteiger partial charge on any atom is -0.466 e. The van der Waals surface area contributed by atoms with Gasteiger partial charge in [0.05, 0.1) is 16.8 Å². The summed E-state index contributed by atoms with van der Waals surface area (Å²) in [5.74, 6) is -3.56. The van der Waals surface area contributed by atoms with Crippen LogP contribution < -0.4 is 15.9 Å². The fourth-order valence-electron chi connectivity index (χ4n) is 9.43. The van der Waals surface area contributed by atoms with E-state index in [0.29, 0.717) is 5.56 Å². The van der Waals surface area contributed by atoms with Gasteiger partial charge in [-0.2, -0.15) is 0 Å². The fourth-order valence-corrected chi connectivity index (χ4v) is 15.8. The average Bonchev–Trinajstić information content (AvgIpc) is 3.94. The van der Waals surface area contributed by atoms with E-state index in [-0.39, 0.29) is 29.2 Å². The van der Waals surface area contributed by atoms with Crippen LogP contribution in [0.5, 0.6) is 0 Å². The number of carbonyl (C=O) groups excluding carboxylic acids is 4. The molecule has 1 aliphatic rings. The topological polar surface area (TPSA) is 155 Å². The Morgan fingerprint density at radius 1 is 0.689 bits per heavy atom. The molecule has 1 aliphatic heterocycles. The lowest BCUT2D eigenvalue weighted by Crippen LogP contribution is -2.67. The smallest absolute Gasteiger partial charge is 0.356 e. The van der Waals surface area contributed by atoms with Crippen molar-refractivity contribution in [2.75, 3.05) is 7.11 Å². The second-order valence-electron chi connectivity index (χ2n) is 17.1. The van der Waals surface area contributed by atoms with Crippen LogP contribution in [0.2, 0.25) is 0 Å². The lowest BCUT2D eigenvalue weighted by atomic mass is 9.84. The first-order valence-corrected chi connectivity index (χ1v) is 26.3. The summed E-state index contributed by atoms with van der Waals surface area (Å²) in [5, 5.41) is 12.8. The third-order valence-electron chi connectivity index (χ3n) is 12.7. The Hall–Kier alpha value is -8.51. The SMILES string of the molecule is COC(=O)C=Cc1ccc(C(OC(C)=O)C2C(=O)N(C(C(=O)OCc3ccc([N+](=O)[O-])cc3)=P(c3ccccc3)(c3ccccc3)c3ccccc3)C2SC(c2ccccc2)(c2ccccc2)c2ccccc2)o1. The molecule has 1 fully saturated rings. The molecule has 74 heavy (non-hydrogen) atoms. The number of nitrogens with zero attached hydrogens (tertiary/aromatic N) is 2. The molecule has 12 nitrogen and oxygen atoms in total. The van der Waals surface area contributed by atoms with Crippen molar-refractivity contribution in [1.82, 2.24) is 4.90 Å². The van der Waals surface area contributed by atoms with Gasteiger partial charge < -0.3 is 18.6 Å². The van der Waals surface area contributed by atoms with E-state index in [9.17, 15) is 19.7 Å². The van der Waals surface area contributed by atoms with Gasteiger partial charge in [0.1, 0.15) is 34.8 Å². The molecule has 1 saturated heterocycles. The van der Waals surface area contributed by atoms with E-state index in [1.54, 1.807) is 17.0 Å². The Kier molecular flexibility index (Phi) is 15.3. The molecule has 0 radical (unpaired) electrons. The zero-order chi connectivity index (χ0) is 51.7. The van der Waals surface area contributed by atoms with Crippen molar-refractivity contribution in [2.45, 2.75) is 29.8 Å². The Morgan fingerprint density at radius 3 is 1.58 bits per heavy atom. The second kappa shape index (κ2) is 22.5. The number of esters is 3. The lowest BCUT2D eigenvalue weighted by molar-refractivity contribution is -0.384. The molecule has 3 unspecified atom stereocenters. The minimum atomic E-state index is -3.55. The summed E-state index contributed by atoms with van der Waals surface area (Å²) in [6, 6.07) is 67.4. The van der Waals surface area contributed by atoms with Gasteiger partial charge in [-0.3, -0.25) is 24.6 Å². The van der Waals surface area contributed by atoms with Crippen LogP contribution in [0, 0.1) is 16.0 Å². The first kappa shape index (κ1) is 50.4. The highest BCUT2D eigenvalue weighted by Crippen LogP contribution is 2.59. The summed E-state index contributed by atoms with van der Waals surface area (Å²) in [6.07, 6.45) is 1.25. The summed E-state index contributed by atoms with van der Waals surface area (Å²) in [6.45, 7) is -2.60. The second-order valence-corrected chi connectivity index (χ2v) is 21.8. The average molecular weight is 1020 g/mol. The molecule has 0 aliphatic carbocycles. The number of benzene rings is 7. The molecular formula is C60H49N2O10PS. The number of carbonyl (C=O) groups is 4. The van der Waals surface area contributed by atoms with Crippen molar-refractivity contribution in [3.8, 4) is 0 Å². The van der Waals surface area contributed by atoms with Crippen LogP contribution in [-0.4, -0.2) is 51.5 Å². The number of hydrogen-bond donors (Lipinski definition) is 0. The highest BCUT2D eigenvalue weighted by Gasteiger charge is 2.61. The minimum absolute atomic E-state index is 0.0487. The molecule has 3 atom stereocenters. The summed E-state index contributed by atoms with van der Waals surface area (Å²) >= 11 is 1.42. The van der Waals surface area contributed by atoms with Crippen LogP contribution in [0.25, 0.3) is 6.08 Å². The molecule has 7 aromatic carbocycles. The maximum absolute atomic E-state index is 16.3. The van der Waals surface area contributed by atoms with Gasteiger partial charge in [0, 0.05) is 32.0 Å². The Balaban J connectivity index is 1.37. The van der Waals surface area contributed by atoms with E-state index < -0.39 is 57.8 Å². The Labute approximate surface area is 432 Å². The van der Waals surface area contributed by atoms with Gasteiger partial charge in [0.15, 0.2) is 6.10 Å². The molecule has 14 heteroatoms. The maximum atomic E-state index is 16.3. The van der Waals surface area contributed by atoms with E-state index in [4.69, 9.17) is 18.6 Å². The molecule has 370 valence electrons. The Morgan fingerprint density at radius 2 is 1.15 bits per heavy atom. The largest absolute Gasteiger partial charge is 0.466 e. The number of nitro groups is 1. The number of methoxy groups -OCH3 is 1. The number of ether oxygens (including phenoxy) is 3. The number of non-ortho nitro benzene ring substituents is 1. The van der Waals surface area contributed by atoms with Crippen LogP contribution in [0.1, 0.15) is 46.8 Å². The van der Waals surface area contributed by atoms with Gasteiger partial charge in [0.2, 0.25) is 5.91 Å². The summed E-state index contributed by atoms with van der Waals surface area (Å²) in [4.78, 5) is 70.8. The number of β-lactam (4-membered cyclic amide) rings is 1. The van der Waals surface area contributed by atoms with Crippen molar-refractivity contribution in [3.63, 3.8) is 0 Å². The van der Waals surface area contributed by atoms with Crippen LogP contribution in [0.4, 0.5) is 5.69 Å². The zero-order valence-electron chi connectivity index (χ0n) is 40.2. The first-order valence-electron chi connectivity index (χ1n) is 23.6. The van der Waals surface area contributed by atoms with Crippen molar-refractivity contribution >= 4 is 75.6 Å². The number of rotatable bonds is 18. The number of likely N-dealkylation sites (tertiary alicyclic amines) is 1. The normalized spacial score (nSPS) is 14.9. The van der Waals surface area contributed by atoms with Crippen molar-refractivity contribution in [1.29, 1.82) is 0 Å². The van der Waals surface area contributed by atoms with Gasteiger partial charge >= 0.3 is 17.9 Å². The Bertz CT molecular complexity index is 3160. The van der Waals surface area contributed by atoms with Crippen LogP contribution in [0.15, 0.2) is 229 Å². The summed E-state index contributed by atoms with van der Waals surface area (Å²) in [5.41, 5.74) is 2.97. The van der Waals surface area contributed by atoms with E-state index in [0.717, 1.165) is 32.6 Å². The number of hydrogen-bond acceptors (Lipinski definition) is 11. The molecule has 8 aromatic rings. The lowest BCUT2D eigenvalue weighted by Gasteiger charge is -2.53. The highest BCUT2D eigenvalue weighted by molar-refractivity contribution is 8.01. The van der Waals surface area contributed by atoms with Gasteiger partial charge in [-0.15, -0.1) is 11.8 Å². The van der Waals surface area contributed by atoms with Crippen molar-refractivity contribution in [2.24, 2.45) is 5.92 Å². The molecule has 1 amide bonds. The predicted molar refractivity (Wildman–Crippen MR) is 288 cm³/mol. The standard InChI is InChI=1S/C60H49N2O10PS/c1-42(63)71-55(52-39-37-48(72-52)38-40-53(64)69-2)54-56(65)61(58(54)74-60(44-21-9-3-10-22-44,45-23-11-4-12-24-45)46-25-13-5-14-26-46)57(59(66)70-41-43-33-35-47(36-34-43)62(67)68)73(49-27-15-6-16-28-49,50-29-17-7-18-30-50)51-31-19-8-20-32-51/h3-40,54-55,58H,41H2,1-2H3. The van der Waals surface area contributed by atoms with Crippen LogP contribution in [0.3, 0.4) is 0 Å². The molecule has 9 rings (SSSR count). The number of thioether (sulfide) groups is 1. The van der Waals surface area contributed by atoms with Gasteiger partial charge in [-0.1, -0.05) is 182 Å². The van der Waals surface area contributed by atoms with Gasteiger partial charge in [-0.25, -0.2) is 9.59 Å². The van der Waals surface area contributed by atoms with Crippen molar-refractivity contribution in [3.05, 3.63) is 268 Å². The van der Waals surface area contributed by atoms with E-state index in [1.165, 1.54) is 62.2 Å². The number of furan rings is 1. The quantitative estimate of drug-likeness (QED) is 0.0118. The third-order valence-corrected chi connectivity index (χ3v) is 18.8. The molecule has 1 aromatic heterocycles. The molecule has 0 spiro atoms. The molecule has 0 N–H and O–H groups in total. The van der Waals surface area contributed by atoms with Crippen molar-refractivity contribution < 1.29 is 42.7 Å². The van der Waals surface area contributed by atoms with E-state index in [2.05, 4.69) is 0 Å². The fraction of sp³-hybridized carbons (Fsp3) is 0.117. The number of nitro benzene ring substituents is 1. The van der Waals surface area contributed by atoms with Gasteiger partial charge in [0.25, 0.3) is 5.69 Å². The molecular weight excluding hydrogens is 972 g/mol.